The number of carboxylic acids is 1. The molecule has 0 fully saturated rings. The van der Waals surface area contributed by atoms with Crippen molar-refractivity contribution in [1.29, 1.82) is 0 Å². The summed E-state index contributed by atoms with van der Waals surface area (Å²) >= 11 is 0. The molecule has 0 aliphatic heterocycles. The minimum atomic E-state index is -0.775. The summed E-state index contributed by atoms with van der Waals surface area (Å²) in [6.07, 6.45) is 3.44. The van der Waals surface area contributed by atoms with Crippen molar-refractivity contribution in [3.05, 3.63) is 22.5 Å². The Morgan fingerprint density at radius 3 is 2.94 bits per heavy atom. The third kappa shape index (κ3) is 1.85. The number of carbonyl (C=O) groups is 1. The molecule has 0 bridgehead atoms. The van der Waals surface area contributed by atoms with Crippen LogP contribution in [-0.4, -0.2) is 22.6 Å². The topological polar surface area (TPSA) is 79.1 Å². The van der Waals surface area contributed by atoms with E-state index in [1.165, 1.54) is 17.7 Å². The standard InChI is InChI=1S/C12H18N2O2/c1-7-12(8(6-13)5-11(15)16)9-3-2-4-10(9)14-7/h8,14H,2-6,13H2,1H3,(H,15,16). The second-order valence-electron chi connectivity index (χ2n) is 4.50. The first kappa shape index (κ1) is 11.2. The van der Waals surface area contributed by atoms with Crippen molar-refractivity contribution in [2.75, 3.05) is 6.54 Å². The summed E-state index contributed by atoms with van der Waals surface area (Å²) in [5.74, 6) is -0.821. The molecule has 0 saturated carbocycles. The van der Waals surface area contributed by atoms with Gasteiger partial charge in [0.05, 0.1) is 6.42 Å². The predicted octanol–water partition coefficient (Wildman–Crippen LogP) is 1.33. The monoisotopic (exact) mass is 222 g/mol. The molecule has 1 heterocycles. The quantitative estimate of drug-likeness (QED) is 0.719. The van der Waals surface area contributed by atoms with Crippen molar-refractivity contribution in [1.82, 2.24) is 4.98 Å². The second kappa shape index (κ2) is 4.29. The molecule has 88 valence electrons. The molecule has 0 amide bonds. The molecule has 0 radical (unpaired) electrons. The molecule has 1 unspecified atom stereocenters. The first-order valence-electron chi connectivity index (χ1n) is 5.75. The van der Waals surface area contributed by atoms with Gasteiger partial charge in [0, 0.05) is 17.3 Å². The van der Waals surface area contributed by atoms with Crippen LogP contribution in [0.5, 0.6) is 0 Å². The van der Waals surface area contributed by atoms with E-state index in [2.05, 4.69) is 4.98 Å². The summed E-state index contributed by atoms with van der Waals surface area (Å²) in [5, 5.41) is 8.89. The zero-order valence-electron chi connectivity index (χ0n) is 9.55. The number of hydrogen-bond donors (Lipinski definition) is 3. The van der Waals surface area contributed by atoms with Crippen LogP contribution in [0.3, 0.4) is 0 Å². The molecule has 4 nitrogen and oxygen atoms in total. The Labute approximate surface area is 94.8 Å². The minimum absolute atomic E-state index is 0.0457. The van der Waals surface area contributed by atoms with Crippen molar-refractivity contribution in [3.63, 3.8) is 0 Å². The van der Waals surface area contributed by atoms with Gasteiger partial charge in [0.25, 0.3) is 0 Å². The summed E-state index contributed by atoms with van der Waals surface area (Å²) in [7, 11) is 0. The molecule has 4 heteroatoms. The molecule has 0 spiro atoms. The number of aryl methyl sites for hydroxylation is 2. The minimum Gasteiger partial charge on any atom is -0.481 e. The van der Waals surface area contributed by atoms with E-state index in [9.17, 15) is 4.79 Å². The van der Waals surface area contributed by atoms with E-state index in [4.69, 9.17) is 10.8 Å². The van der Waals surface area contributed by atoms with Crippen molar-refractivity contribution in [2.24, 2.45) is 5.73 Å². The van der Waals surface area contributed by atoms with E-state index in [-0.39, 0.29) is 12.3 Å². The molecule has 2 rings (SSSR count). The Bertz CT molecular complexity index is 409. The summed E-state index contributed by atoms with van der Waals surface area (Å²) < 4.78 is 0. The smallest absolute Gasteiger partial charge is 0.304 e. The van der Waals surface area contributed by atoms with Crippen LogP contribution in [0.25, 0.3) is 0 Å². The van der Waals surface area contributed by atoms with Gasteiger partial charge in [0.2, 0.25) is 0 Å². The van der Waals surface area contributed by atoms with Gasteiger partial charge in [-0.3, -0.25) is 4.79 Å². The fourth-order valence-electron chi connectivity index (χ4n) is 2.77. The molecular formula is C12H18N2O2. The van der Waals surface area contributed by atoms with Crippen molar-refractivity contribution in [3.8, 4) is 0 Å². The summed E-state index contributed by atoms with van der Waals surface area (Å²) in [4.78, 5) is 14.2. The number of nitrogens with two attached hydrogens (primary N) is 1. The lowest BCUT2D eigenvalue weighted by molar-refractivity contribution is -0.137. The van der Waals surface area contributed by atoms with Crippen molar-refractivity contribution in [2.45, 2.75) is 38.5 Å². The van der Waals surface area contributed by atoms with Crippen molar-refractivity contribution < 1.29 is 9.90 Å². The SMILES string of the molecule is Cc1[nH]c2c(c1C(CN)CC(=O)O)CCC2. The fraction of sp³-hybridized carbons (Fsp3) is 0.583. The van der Waals surface area contributed by atoms with Crippen LogP contribution in [0.15, 0.2) is 0 Å². The van der Waals surface area contributed by atoms with E-state index >= 15 is 0 Å². The normalized spacial score (nSPS) is 16.1. The number of aliphatic carboxylic acids is 1. The van der Waals surface area contributed by atoms with Crippen LogP contribution in [0.2, 0.25) is 0 Å². The molecule has 1 atom stereocenters. The number of carboxylic acid groups (broad SMARTS) is 1. The van der Waals surface area contributed by atoms with Gasteiger partial charge in [-0.2, -0.15) is 0 Å². The number of fused-ring (bicyclic) bond motifs is 1. The first-order chi connectivity index (χ1) is 7.63. The highest BCUT2D eigenvalue weighted by molar-refractivity contribution is 5.68. The Kier molecular flexibility index (Phi) is 3.01. The van der Waals surface area contributed by atoms with Crippen LogP contribution in [-0.2, 0) is 17.6 Å². The van der Waals surface area contributed by atoms with Crippen molar-refractivity contribution >= 4 is 5.97 Å². The Hall–Kier alpha value is -1.29. The third-order valence-electron chi connectivity index (χ3n) is 3.40. The number of aromatic nitrogens is 1. The van der Waals surface area contributed by atoms with E-state index < -0.39 is 5.97 Å². The van der Waals surface area contributed by atoms with E-state index in [0.717, 1.165) is 24.1 Å². The maximum atomic E-state index is 10.8. The zero-order chi connectivity index (χ0) is 11.7. The molecule has 16 heavy (non-hydrogen) atoms. The number of hydrogen-bond acceptors (Lipinski definition) is 2. The van der Waals surface area contributed by atoms with Gasteiger partial charge in [-0.15, -0.1) is 0 Å². The highest BCUT2D eigenvalue weighted by Crippen LogP contribution is 2.33. The van der Waals surface area contributed by atoms with Crippen LogP contribution >= 0.6 is 0 Å². The first-order valence-corrected chi connectivity index (χ1v) is 5.75. The maximum absolute atomic E-state index is 10.8. The average Bonchev–Trinajstić information content (AvgIpc) is 2.74. The molecule has 1 aromatic heterocycles. The lowest BCUT2D eigenvalue weighted by Crippen LogP contribution is -2.17. The van der Waals surface area contributed by atoms with E-state index in [1.807, 2.05) is 6.92 Å². The Morgan fingerprint density at radius 2 is 2.31 bits per heavy atom. The number of nitrogens with one attached hydrogen (secondary N) is 1. The molecular weight excluding hydrogens is 204 g/mol. The predicted molar refractivity (Wildman–Crippen MR) is 61.6 cm³/mol. The summed E-state index contributed by atoms with van der Waals surface area (Å²) in [6.45, 7) is 2.41. The Balaban J connectivity index is 2.33. The van der Waals surface area contributed by atoms with Crippen LogP contribution in [0.1, 0.15) is 41.3 Å². The van der Waals surface area contributed by atoms with Gasteiger partial charge in [-0.25, -0.2) is 0 Å². The summed E-state index contributed by atoms with van der Waals surface area (Å²) in [6, 6.07) is 0. The molecule has 1 aliphatic carbocycles. The molecule has 0 saturated heterocycles. The van der Waals surface area contributed by atoms with Gasteiger partial charge in [-0.1, -0.05) is 0 Å². The van der Waals surface area contributed by atoms with Crippen LogP contribution in [0.4, 0.5) is 0 Å². The number of H-pyrrole nitrogens is 1. The van der Waals surface area contributed by atoms with Gasteiger partial charge in [0.1, 0.15) is 0 Å². The molecule has 1 aliphatic rings. The molecule has 1 aromatic rings. The number of rotatable bonds is 4. The Morgan fingerprint density at radius 1 is 1.56 bits per heavy atom. The largest absolute Gasteiger partial charge is 0.481 e. The molecule has 4 N–H and O–H groups in total. The lowest BCUT2D eigenvalue weighted by Gasteiger charge is -2.14. The van der Waals surface area contributed by atoms with Crippen LogP contribution < -0.4 is 5.73 Å². The van der Waals surface area contributed by atoms with Gasteiger partial charge in [-0.05, 0) is 43.9 Å². The van der Waals surface area contributed by atoms with Gasteiger partial charge in [0.15, 0.2) is 0 Å². The lowest BCUT2D eigenvalue weighted by atomic mass is 9.92. The van der Waals surface area contributed by atoms with E-state index in [0.29, 0.717) is 6.54 Å². The highest BCUT2D eigenvalue weighted by Gasteiger charge is 2.25. The van der Waals surface area contributed by atoms with E-state index in [1.54, 1.807) is 0 Å². The highest BCUT2D eigenvalue weighted by atomic mass is 16.4. The third-order valence-corrected chi connectivity index (χ3v) is 3.40. The maximum Gasteiger partial charge on any atom is 0.304 e. The average molecular weight is 222 g/mol. The fourth-order valence-corrected chi connectivity index (χ4v) is 2.77. The second-order valence-corrected chi connectivity index (χ2v) is 4.50. The van der Waals surface area contributed by atoms with Gasteiger partial charge < -0.3 is 15.8 Å². The van der Waals surface area contributed by atoms with Crippen LogP contribution in [0, 0.1) is 6.92 Å². The number of aromatic amines is 1. The summed E-state index contributed by atoms with van der Waals surface area (Å²) in [5.41, 5.74) is 10.6. The van der Waals surface area contributed by atoms with Gasteiger partial charge >= 0.3 is 5.97 Å². The molecule has 0 aromatic carbocycles. The zero-order valence-corrected chi connectivity index (χ0v) is 9.55.